The first-order valence-electron chi connectivity index (χ1n) is 11.0. The maximum Gasteiger partial charge on any atom is 4.00 e. The van der Waals surface area contributed by atoms with Crippen molar-refractivity contribution in [2.24, 2.45) is 5.41 Å². The van der Waals surface area contributed by atoms with Gasteiger partial charge in [-0.15, -0.1) is 23.3 Å². The summed E-state index contributed by atoms with van der Waals surface area (Å²) in [6, 6.07) is 21.8. The van der Waals surface area contributed by atoms with Gasteiger partial charge in [0, 0.05) is 10.8 Å². The van der Waals surface area contributed by atoms with Gasteiger partial charge in [0.15, 0.2) is 0 Å². The van der Waals surface area contributed by atoms with Crippen LogP contribution in [-0.4, -0.2) is 7.11 Å². The van der Waals surface area contributed by atoms with E-state index in [2.05, 4.69) is 76.2 Å². The molecular formula is C32H35ClOTi. The molecule has 35 heavy (non-hydrogen) atoms. The van der Waals surface area contributed by atoms with Crippen molar-refractivity contribution in [2.75, 3.05) is 7.11 Å². The Balaban J connectivity index is 0.000000407. The molecule has 0 saturated carbocycles. The number of ether oxygens (including phenoxy) is 1. The summed E-state index contributed by atoms with van der Waals surface area (Å²) in [6.07, 6.45) is 7.61. The van der Waals surface area contributed by atoms with Crippen LogP contribution in [0, 0.1) is 32.4 Å². The van der Waals surface area contributed by atoms with Gasteiger partial charge in [0.05, 0.1) is 7.11 Å². The summed E-state index contributed by atoms with van der Waals surface area (Å²) in [7, 11) is 1.71. The van der Waals surface area contributed by atoms with E-state index in [1.54, 1.807) is 7.11 Å². The third-order valence-corrected chi connectivity index (χ3v) is 6.19. The van der Waals surface area contributed by atoms with Crippen LogP contribution in [0.4, 0.5) is 0 Å². The summed E-state index contributed by atoms with van der Waals surface area (Å²) in [6.45, 7) is 8.81. The monoisotopic (exact) mass is 518 g/mol. The molecule has 0 fully saturated rings. The maximum atomic E-state index is 6.16. The molecule has 0 N–H and O–H groups in total. The Morgan fingerprint density at radius 3 is 2.23 bits per heavy atom. The Morgan fingerprint density at radius 2 is 1.69 bits per heavy atom. The molecule has 0 aliphatic heterocycles. The Hall–Kier alpha value is -2.06. The molecule has 3 aromatic rings. The zero-order valence-electron chi connectivity index (χ0n) is 22.0. The van der Waals surface area contributed by atoms with Crippen molar-refractivity contribution in [3.63, 3.8) is 0 Å². The molecular weight excluding hydrogens is 484 g/mol. The fourth-order valence-corrected chi connectivity index (χ4v) is 4.48. The molecule has 0 unspecified atom stereocenters. The molecule has 0 bridgehead atoms. The zero-order chi connectivity index (χ0) is 22.9. The second-order valence-electron chi connectivity index (χ2n) is 9.41. The number of allylic oxidation sites excluding steroid dienone is 4. The molecule has 0 aromatic heterocycles. The maximum absolute atomic E-state index is 6.16. The predicted octanol–water partition coefficient (Wildman–Crippen LogP) is 9.40. The second kappa shape index (κ2) is 12.8. The van der Waals surface area contributed by atoms with Crippen molar-refractivity contribution in [2.45, 2.75) is 40.5 Å². The zero-order valence-corrected chi connectivity index (χ0v) is 24.3. The molecule has 3 aromatic carbocycles. The molecule has 0 atom stereocenters. The fourth-order valence-electron chi connectivity index (χ4n) is 4.29. The van der Waals surface area contributed by atoms with Gasteiger partial charge in [-0.3, -0.25) is 0 Å². The van der Waals surface area contributed by atoms with E-state index < -0.39 is 0 Å². The van der Waals surface area contributed by atoms with Crippen molar-refractivity contribution >= 4 is 11.6 Å². The van der Waals surface area contributed by atoms with E-state index in [9.17, 15) is 0 Å². The Kier molecular flexibility index (Phi) is 11.3. The third kappa shape index (κ3) is 6.79. The number of hydrogen-bond acceptors (Lipinski definition) is 1. The van der Waals surface area contributed by atoms with Gasteiger partial charge in [-0.25, -0.2) is 17.7 Å². The Bertz CT molecular complexity index is 1200. The average Bonchev–Trinajstić information content (AvgIpc) is 3.37. The van der Waals surface area contributed by atoms with E-state index in [1.807, 2.05) is 24.3 Å². The minimum Gasteiger partial charge on any atom is -0.539 e. The van der Waals surface area contributed by atoms with Crippen molar-refractivity contribution in [1.82, 2.24) is 0 Å². The van der Waals surface area contributed by atoms with Gasteiger partial charge in [0.1, 0.15) is 0 Å². The van der Waals surface area contributed by atoms with E-state index in [4.69, 9.17) is 16.3 Å². The van der Waals surface area contributed by atoms with Gasteiger partial charge in [0.25, 0.3) is 0 Å². The molecule has 5 rings (SSSR count). The van der Waals surface area contributed by atoms with Crippen LogP contribution < -0.4 is 4.74 Å². The molecule has 0 radical (unpaired) electrons. The number of methoxy groups -OCH3 is 1. The van der Waals surface area contributed by atoms with Crippen LogP contribution in [-0.2, 0) is 28.1 Å². The van der Waals surface area contributed by atoms with Crippen molar-refractivity contribution in [3.05, 3.63) is 115 Å². The molecule has 0 spiro atoms. The van der Waals surface area contributed by atoms with E-state index in [1.165, 1.54) is 39.0 Å². The number of rotatable bonds is 2. The van der Waals surface area contributed by atoms with Gasteiger partial charge in [-0.1, -0.05) is 93.2 Å². The first-order valence-corrected chi connectivity index (χ1v) is 11.4. The number of benzene rings is 3. The first-order chi connectivity index (χ1) is 15.3. The summed E-state index contributed by atoms with van der Waals surface area (Å²) < 4.78 is 5.57. The Morgan fingerprint density at radius 1 is 1.00 bits per heavy atom. The normalized spacial score (nSPS) is 12.9. The van der Waals surface area contributed by atoms with Crippen LogP contribution in [0.3, 0.4) is 0 Å². The SMILES string of the molecule is CC1=[C-]C(C(C)(C)C)=CC1.COc1c[c-]c(-c2ccccc2)c2c1-c1ccc(Cl)cc1C2.[CH3-].[CH3-].[Ti+4]. The molecule has 0 saturated heterocycles. The summed E-state index contributed by atoms with van der Waals surface area (Å²) >= 11 is 6.16. The summed E-state index contributed by atoms with van der Waals surface area (Å²) in [5.74, 6) is 0.871. The molecule has 3 heteroatoms. The van der Waals surface area contributed by atoms with E-state index >= 15 is 0 Å². The summed E-state index contributed by atoms with van der Waals surface area (Å²) in [5, 5.41) is 0.774. The minimum absolute atomic E-state index is 0. The van der Waals surface area contributed by atoms with Crippen LogP contribution >= 0.6 is 11.6 Å². The van der Waals surface area contributed by atoms with Gasteiger partial charge >= 0.3 is 21.7 Å². The number of fused-ring (bicyclic) bond motifs is 3. The molecule has 1 nitrogen and oxygen atoms in total. The van der Waals surface area contributed by atoms with Crippen molar-refractivity contribution in [3.8, 4) is 28.0 Å². The van der Waals surface area contributed by atoms with Crippen molar-refractivity contribution < 1.29 is 26.5 Å². The van der Waals surface area contributed by atoms with Crippen LogP contribution in [0.25, 0.3) is 22.3 Å². The molecule has 2 aliphatic carbocycles. The van der Waals surface area contributed by atoms with Crippen LogP contribution in [0.2, 0.25) is 5.02 Å². The molecule has 2 aliphatic rings. The van der Waals surface area contributed by atoms with E-state index in [-0.39, 0.29) is 42.0 Å². The largest absolute Gasteiger partial charge is 4.00 e. The first kappa shape index (κ1) is 31.0. The quantitative estimate of drug-likeness (QED) is 0.190. The van der Waals surface area contributed by atoms with Crippen LogP contribution in [0.15, 0.2) is 71.8 Å². The number of hydrogen-bond donors (Lipinski definition) is 0. The third-order valence-electron chi connectivity index (χ3n) is 5.95. The van der Waals surface area contributed by atoms with E-state index in [0.29, 0.717) is 0 Å². The molecule has 180 valence electrons. The van der Waals surface area contributed by atoms with Gasteiger partial charge in [-0.05, 0) is 35.1 Å². The average molecular weight is 519 g/mol. The smallest absolute Gasteiger partial charge is 0.539 e. The fraction of sp³-hybridized carbons (Fsp3) is 0.250. The standard InChI is InChI=1S/C20H14ClO.C10H15.2CH3.Ti/c1-22-19-10-9-16(13-5-3-2-4-6-13)18-12-14-11-15(21)7-8-17(14)20(18)19;1-8-5-6-9(7-8)10(2,3)4;;;/h2-8,10-11H,12H2,1H3;6H,5H2,1-4H3;2*1H3;/q4*-1;+4. The summed E-state index contributed by atoms with van der Waals surface area (Å²) in [4.78, 5) is 0. The second-order valence-corrected chi connectivity index (χ2v) is 9.84. The van der Waals surface area contributed by atoms with Gasteiger partial charge in [-0.2, -0.15) is 5.57 Å². The van der Waals surface area contributed by atoms with Crippen molar-refractivity contribution in [1.29, 1.82) is 0 Å². The van der Waals surface area contributed by atoms with Crippen LogP contribution in [0.5, 0.6) is 5.75 Å². The molecule has 0 heterocycles. The summed E-state index contributed by atoms with van der Waals surface area (Å²) in [5.41, 5.74) is 10.2. The molecule has 0 amide bonds. The Labute approximate surface area is 233 Å². The van der Waals surface area contributed by atoms with Gasteiger partial charge in [0.2, 0.25) is 0 Å². The van der Waals surface area contributed by atoms with Gasteiger partial charge < -0.3 is 19.6 Å². The topological polar surface area (TPSA) is 9.23 Å². The van der Waals surface area contributed by atoms with Crippen LogP contribution in [0.1, 0.15) is 45.2 Å². The minimum atomic E-state index is 0. The predicted molar refractivity (Wildman–Crippen MR) is 148 cm³/mol. The van der Waals surface area contributed by atoms with E-state index in [0.717, 1.165) is 29.2 Å². The number of halogens is 1.